The summed E-state index contributed by atoms with van der Waals surface area (Å²) in [5.74, 6) is -0.584. The SMILES string of the molecule is CC(NC(=O)/C(C#N)=C\c1ccc(C(F)(F)F)cc1)c1ccccc1. The van der Waals surface area contributed by atoms with Crippen LogP contribution in [0.25, 0.3) is 6.08 Å². The first-order valence-corrected chi connectivity index (χ1v) is 7.46. The molecule has 1 atom stereocenters. The molecule has 1 N–H and O–H groups in total. The van der Waals surface area contributed by atoms with Gasteiger partial charge in [0.05, 0.1) is 11.6 Å². The molecular weight excluding hydrogens is 329 g/mol. The van der Waals surface area contributed by atoms with Crippen molar-refractivity contribution in [3.8, 4) is 6.07 Å². The van der Waals surface area contributed by atoms with Crippen molar-refractivity contribution in [3.05, 3.63) is 76.9 Å². The van der Waals surface area contributed by atoms with Gasteiger partial charge in [0.2, 0.25) is 0 Å². The summed E-state index contributed by atoms with van der Waals surface area (Å²) >= 11 is 0. The van der Waals surface area contributed by atoms with Gasteiger partial charge in [0.25, 0.3) is 5.91 Å². The summed E-state index contributed by atoms with van der Waals surface area (Å²) in [5.41, 5.74) is 0.252. The van der Waals surface area contributed by atoms with Crippen LogP contribution in [0.15, 0.2) is 60.2 Å². The van der Waals surface area contributed by atoms with Crippen LogP contribution in [0.3, 0.4) is 0 Å². The van der Waals surface area contributed by atoms with Gasteiger partial charge < -0.3 is 5.32 Å². The minimum atomic E-state index is -4.43. The number of halogens is 3. The van der Waals surface area contributed by atoms with Gasteiger partial charge in [0.1, 0.15) is 11.6 Å². The summed E-state index contributed by atoms with van der Waals surface area (Å²) < 4.78 is 37.6. The topological polar surface area (TPSA) is 52.9 Å². The van der Waals surface area contributed by atoms with E-state index in [0.717, 1.165) is 17.7 Å². The van der Waals surface area contributed by atoms with Gasteiger partial charge in [0.15, 0.2) is 0 Å². The lowest BCUT2D eigenvalue weighted by Gasteiger charge is -2.13. The van der Waals surface area contributed by atoms with Crippen LogP contribution in [-0.2, 0) is 11.0 Å². The zero-order valence-corrected chi connectivity index (χ0v) is 13.3. The van der Waals surface area contributed by atoms with E-state index in [1.54, 1.807) is 13.0 Å². The molecule has 0 saturated carbocycles. The lowest BCUT2D eigenvalue weighted by Crippen LogP contribution is -2.27. The van der Waals surface area contributed by atoms with Gasteiger partial charge in [-0.2, -0.15) is 18.4 Å². The predicted molar refractivity (Wildman–Crippen MR) is 88.0 cm³/mol. The van der Waals surface area contributed by atoms with Crippen LogP contribution in [0.2, 0.25) is 0 Å². The van der Waals surface area contributed by atoms with E-state index >= 15 is 0 Å². The normalized spacial score (nSPS) is 13.0. The van der Waals surface area contributed by atoms with Crippen LogP contribution in [-0.4, -0.2) is 5.91 Å². The van der Waals surface area contributed by atoms with E-state index in [2.05, 4.69) is 5.32 Å². The van der Waals surface area contributed by atoms with E-state index < -0.39 is 17.6 Å². The maximum Gasteiger partial charge on any atom is 0.416 e. The van der Waals surface area contributed by atoms with Gasteiger partial charge in [-0.25, -0.2) is 0 Å². The van der Waals surface area contributed by atoms with E-state index in [4.69, 9.17) is 5.26 Å². The summed E-state index contributed by atoms with van der Waals surface area (Å²) in [6, 6.07) is 14.9. The molecule has 25 heavy (non-hydrogen) atoms. The number of alkyl halides is 3. The second-order valence-electron chi connectivity index (χ2n) is 5.40. The Morgan fingerprint density at radius 2 is 1.72 bits per heavy atom. The Morgan fingerprint density at radius 3 is 2.24 bits per heavy atom. The van der Waals surface area contributed by atoms with Crippen molar-refractivity contribution < 1.29 is 18.0 Å². The molecule has 0 saturated heterocycles. The Hall–Kier alpha value is -3.07. The summed E-state index contributed by atoms with van der Waals surface area (Å²) in [4.78, 5) is 12.2. The van der Waals surface area contributed by atoms with Crippen molar-refractivity contribution in [2.45, 2.75) is 19.1 Å². The Balaban J connectivity index is 2.14. The van der Waals surface area contributed by atoms with Gasteiger partial charge in [-0.3, -0.25) is 4.79 Å². The van der Waals surface area contributed by atoms with Crippen LogP contribution >= 0.6 is 0 Å². The number of carbonyl (C=O) groups excluding carboxylic acids is 1. The van der Waals surface area contributed by atoms with Crippen LogP contribution in [0.4, 0.5) is 13.2 Å². The standard InChI is InChI=1S/C19H15F3N2O/c1-13(15-5-3-2-4-6-15)24-18(25)16(12-23)11-14-7-9-17(10-8-14)19(20,21)22/h2-11,13H,1H3,(H,24,25)/b16-11-. The Kier molecular flexibility index (Phi) is 5.60. The zero-order chi connectivity index (χ0) is 18.4. The van der Waals surface area contributed by atoms with Crippen LogP contribution in [0.1, 0.15) is 29.7 Å². The van der Waals surface area contributed by atoms with E-state index in [1.807, 2.05) is 30.3 Å². The molecule has 128 valence electrons. The molecule has 0 heterocycles. The molecule has 2 aromatic rings. The summed E-state index contributed by atoms with van der Waals surface area (Å²) in [5, 5.41) is 11.9. The summed E-state index contributed by atoms with van der Waals surface area (Å²) in [7, 11) is 0. The van der Waals surface area contributed by atoms with Crippen molar-refractivity contribution >= 4 is 12.0 Å². The second-order valence-corrected chi connectivity index (χ2v) is 5.40. The van der Waals surface area contributed by atoms with Gasteiger partial charge in [-0.05, 0) is 36.3 Å². The van der Waals surface area contributed by atoms with Gasteiger partial charge in [-0.15, -0.1) is 0 Å². The number of rotatable bonds is 4. The average Bonchev–Trinajstić information content (AvgIpc) is 2.60. The van der Waals surface area contributed by atoms with E-state index in [1.165, 1.54) is 18.2 Å². The molecule has 0 spiro atoms. The fourth-order valence-electron chi connectivity index (χ4n) is 2.18. The highest BCUT2D eigenvalue weighted by molar-refractivity contribution is 6.01. The smallest absolute Gasteiger partial charge is 0.345 e. The minimum Gasteiger partial charge on any atom is -0.345 e. The minimum absolute atomic E-state index is 0.178. The third kappa shape index (κ3) is 4.95. The largest absolute Gasteiger partial charge is 0.416 e. The Morgan fingerprint density at radius 1 is 1.12 bits per heavy atom. The van der Waals surface area contributed by atoms with E-state index in [-0.39, 0.29) is 11.6 Å². The Bertz CT molecular complexity index is 803. The predicted octanol–water partition coefficient (Wildman–Crippen LogP) is 4.49. The van der Waals surface area contributed by atoms with Gasteiger partial charge in [0, 0.05) is 0 Å². The number of carbonyl (C=O) groups is 1. The van der Waals surface area contributed by atoms with Crippen LogP contribution in [0, 0.1) is 11.3 Å². The number of nitrogens with zero attached hydrogens (tertiary/aromatic N) is 1. The number of benzene rings is 2. The Labute approximate surface area is 143 Å². The second kappa shape index (κ2) is 7.67. The molecule has 0 aromatic heterocycles. The van der Waals surface area contributed by atoms with Crippen LogP contribution in [0.5, 0.6) is 0 Å². The maximum atomic E-state index is 12.5. The van der Waals surface area contributed by atoms with Gasteiger partial charge >= 0.3 is 6.18 Å². The van der Waals surface area contributed by atoms with Crippen molar-refractivity contribution in [2.75, 3.05) is 0 Å². The fourth-order valence-corrected chi connectivity index (χ4v) is 2.18. The molecule has 3 nitrogen and oxygen atoms in total. The molecule has 0 radical (unpaired) electrons. The molecule has 1 amide bonds. The first kappa shape index (κ1) is 18.3. The van der Waals surface area contributed by atoms with Crippen molar-refractivity contribution in [2.24, 2.45) is 0 Å². The lowest BCUT2D eigenvalue weighted by atomic mass is 10.1. The highest BCUT2D eigenvalue weighted by Gasteiger charge is 2.29. The molecule has 0 aliphatic rings. The molecule has 2 aromatic carbocycles. The number of nitriles is 1. The van der Waals surface area contributed by atoms with Crippen molar-refractivity contribution in [1.29, 1.82) is 5.26 Å². The molecule has 0 bridgehead atoms. The first-order valence-electron chi connectivity index (χ1n) is 7.46. The molecule has 0 aliphatic heterocycles. The molecule has 1 unspecified atom stereocenters. The molecular formula is C19H15F3N2O. The van der Waals surface area contributed by atoms with Gasteiger partial charge in [-0.1, -0.05) is 42.5 Å². The lowest BCUT2D eigenvalue weighted by molar-refractivity contribution is -0.137. The average molecular weight is 344 g/mol. The third-order valence-corrected chi connectivity index (χ3v) is 3.56. The number of nitrogens with one attached hydrogen (secondary N) is 1. The van der Waals surface area contributed by atoms with E-state index in [9.17, 15) is 18.0 Å². The molecule has 2 rings (SSSR count). The molecule has 6 heteroatoms. The maximum absolute atomic E-state index is 12.5. The van der Waals surface area contributed by atoms with Crippen molar-refractivity contribution in [3.63, 3.8) is 0 Å². The van der Waals surface area contributed by atoms with Crippen molar-refractivity contribution in [1.82, 2.24) is 5.32 Å². The highest BCUT2D eigenvalue weighted by Crippen LogP contribution is 2.29. The molecule has 0 fully saturated rings. The fraction of sp³-hybridized carbons (Fsp3) is 0.158. The highest BCUT2D eigenvalue weighted by atomic mass is 19.4. The van der Waals surface area contributed by atoms with Crippen LogP contribution < -0.4 is 5.32 Å². The number of hydrogen-bond acceptors (Lipinski definition) is 2. The third-order valence-electron chi connectivity index (χ3n) is 3.56. The van der Waals surface area contributed by atoms with E-state index in [0.29, 0.717) is 5.56 Å². The quantitative estimate of drug-likeness (QED) is 0.656. The summed E-state index contributed by atoms with van der Waals surface area (Å²) in [6.07, 6.45) is -3.17. The molecule has 0 aliphatic carbocycles. The first-order chi connectivity index (χ1) is 11.8. The number of amides is 1. The monoisotopic (exact) mass is 344 g/mol. The zero-order valence-electron chi connectivity index (χ0n) is 13.3. The summed E-state index contributed by atoms with van der Waals surface area (Å²) in [6.45, 7) is 1.78. The number of hydrogen-bond donors (Lipinski definition) is 1.